The molecule has 2 N–H and O–H groups in total. The molecule has 0 aliphatic rings. The van der Waals surface area contributed by atoms with Crippen LogP contribution in [0.15, 0.2) is 24.3 Å². The molecule has 0 fully saturated rings. The summed E-state index contributed by atoms with van der Waals surface area (Å²) in [5, 5.41) is -0.517. The van der Waals surface area contributed by atoms with Gasteiger partial charge in [0.15, 0.2) is 0 Å². The Bertz CT molecular complexity index is 317. The van der Waals surface area contributed by atoms with Crippen LogP contribution >= 0.6 is 11.8 Å². The lowest BCUT2D eigenvalue weighted by atomic mass is 10.2. The number of esters is 1. The zero-order valence-corrected chi connectivity index (χ0v) is 14.8. The molecule has 0 bridgehead atoms. The first-order chi connectivity index (χ1) is 10.0. The molecule has 21 heavy (non-hydrogen) atoms. The van der Waals surface area contributed by atoms with Gasteiger partial charge in [0.25, 0.3) is 0 Å². The fraction of sp³-hybridized carbons (Fsp3) is 0.600. The third kappa shape index (κ3) is 14.9. The van der Waals surface area contributed by atoms with Gasteiger partial charge < -0.3 is 15.2 Å². The predicted molar refractivity (Wildman–Crippen MR) is 90.2 cm³/mol. The molecule has 0 amide bonds. The summed E-state index contributed by atoms with van der Waals surface area (Å²) in [5.74, 6) is -0.113. The number of allylic oxidation sites excluding steroid dienone is 1. The number of hydrogen-bond donors (Lipinski definition) is 1. The molecule has 0 aromatic rings. The highest BCUT2D eigenvalue weighted by Gasteiger charge is 2.15. The van der Waals surface area contributed by atoms with Crippen molar-refractivity contribution >= 4 is 23.0 Å². The largest absolute Gasteiger partial charge is 0.422 e. The van der Waals surface area contributed by atoms with Gasteiger partial charge in [-0.05, 0) is 18.7 Å². The molecule has 0 aromatic heterocycles. The van der Waals surface area contributed by atoms with Gasteiger partial charge >= 0.3 is 11.3 Å². The molecule has 0 rings (SSSR count). The topological polar surface area (TPSA) is 78.6 Å². The molecule has 0 saturated carbocycles. The number of rotatable bonds is 6. The van der Waals surface area contributed by atoms with Gasteiger partial charge in [-0.3, -0.25) is 0 Å². The van der Waals surface area contributed by atoms with Crippen molar-refractivity contribution in [3.05, 3.63) is 24.3 Å². The lowest BCUT2D eigenvalue weighted by Crippen LogP contribution is -2.21. The molecule has 5 nitrogen and oxygen atoms in total. The maximum atomic E-state index is 11.4. The molecule has 1 unspecified atom stereocenters. The van der Waals surface area contributed by atoms with Gasteiger partial charge in [-0.1, -0.05) is 46.4 Å². The van der Waals surface area contributed by atoms with E-state index >= 15 is 0 Å². The van der Waals surface area contributed by atoms with E-state index in [1.165, 1.54) is 13.0 Å². The second kappa shape index (κ2) is 18.7. The number of nitrogens with two attached hydrogens (primary N) is 1. The van der Waals surface area contributed by atoms with Crippen molar-refractivity contribution < 1.29 is 19.1 Å². The van der Waals surface area contributed by atoms with Crippen molar-refractivity contribution in [1.82, 2.24) is 0 Å². The Morgan fingerprint density at radius 2 is 1.76 bits per heavy atom. The minimum Gasteiger partial charge on any atom is -0.422 e. The zero-order valence-electron chi connectivity index (χ0n) is 14.0. The van der Waals surface area contributed by atoms with E-state index in [0.29, 0.717) is 17.9 Å². The van der Waals surface area contributed by atoms with E-state index in [2.05, 4.69) is 6.58 Å². The lowest BCUT2D eigenvalue weighted by Gasteiger charge is -2.13. The van der Waals surface area contributed by atoms with Gasteiger partial charge in [-0.2, -0.15) is 0 Å². The fourth-order valence-electron chi connectivity index (χ4n) is 0.874. The van der Waals surface area contributed by atoms with Crippen molar-refractivity contribution in [2.24, 2.45) is 5.73 Å². The SMILES string of the molecule is C=C/C(=C\C)C(=O)OC(C)OC(=O)SCCN.CC.CC. The minimum absolute atomic E-state index is 0.322. The van der Waals surface area contributed by atoms with Crippen molar-refractivity contribution in [2.75, 3.05) is 12.3 Å². The maximum absolute atomic E-state index is 11.4. The van der Waals surface area contributed by atoms with Crippen molar-refractivity contribution in [3.8, 4) is 0 Å². The molecule has 0 aromatic carbocycles. The van der Waals surface area contributed by atoms with Crippen LogP contribution in [0, 0.1) is 0 Å². The highest BCUT2D eigenvalue weighted by atomic mass is 32.2. The Morgan fingerprint density at radius 3 is 2.14 bits per heavy atom. The van der Waals surface area contributed by atoms with Crippen LogP contribution in [0.5, 0.6) is 0 Å². The Kier molecular flexibility index (Phi) is 22.1. The first-order valence-electron chi connectivity index (χ1n) is 7.08. The summed E-state index contributed by atoms with van der Waals surface area (Å²) in [6.45, 7) is 15.0. The van der Waals surface area contributed by atoms with Crippen molar-refractivity contribution in [1.29, 1.82) is 0 Å². The minimum atomic E-state index is -0.935. The second-order valence-corrected chi connectivity index (χ2v) is 3.96. The normalized spacial score (nSPS) is 10.9. The maximum Gasteiger partial charge on any atom is 0.370 e. The molecular weight excluding hydrogens is 290 g/mol. The number of ether oxygens (including phenoxy) is 2. The fourth-order valence-corrected chi connectivity index (χ4v) is 1.36. The third-order valence-corrected chi connectivity index (χ3v) is 2.41. The van der Waals surface area contributed by atoms with Gasteiger partial charge in [0, 0.05) is 19.2 Å². The van der Waals surface area contributed by atoms with Crippen molar-refractivity contribution in [2.45, 2.75) is 47.8 Å². The van der Waals surface area contributed by atoms with E-state index in [9.17, 15) is 9.59 Å². The Hall–Kier alpha value is -1.27. The average Bonchev–Trinajstić information content (AvgIpc) is 2.50. The Labute approximate surface area is 132 Å². The van der Waals surface area contributed by atoms with Crippen LogP contribution in [-0.4, -0.2) is 29.9 Å². The first kappa shape index (κ1) is 24.7. The van der Waals surface area contributed by atoms with Crippen LogP contribution in [-0.2, 0) is 14.3 Å². The van der Waals surface area contributed by atoms with Crippen LogP contribution in [0.25, 0.3) is 0 Å². The summed E-state index contributed by atoms with van der Waals surface area (Å²) >= 11 is 0.940. The summed E-state index contributed by atoms with van der Waals surface area (Å²) in [6.07, 6.45) is 2.00. The molecule has 0 saturated heterocycles. The van der Waals surface area contributed by atoms with Crippen LogP contribution in [0.2, 0.25) is 0 Å². The Balaban J connectivity index is -0.000000739. The summed E-state index contributed by atoms with van der Waals surface area (Å²) in [5.41, 5.74) is 5.55. The van der Waals surface area contributed by atoms with E-state index in [0.717, 1.165) is 11.8 Å². The predicted octanol–water partition coefficient (Wildman–Crippen LogP) is 3.89. The number of hydrogen-bond acceptors (Lipinski definition) is 6. The smallest absolute Gasteiger partial charge is 0.370 e. The van der Waals surface area contributed by atoms with Gasteiger partial charge in [-0.25, -0.2) is 9.59 Å². The van der Waals surface area contributed by atoms with Crippen LogP contribution < -0.4 is 5.73 Å². The number of thioether (sulfide) groups is 1. The molecule has 1 atom stereocenters. The first-order valence-corrected chi connectivity index (χ1v) is 8.06. The highest BCUT2D eigenvalue weighted by molar-refractivity contribution is 8.13. The van der Waals surface area contributed by atoms with Crippen LogP contribution in [0.4, 0.5) is 4.79 Å². The molecule has 0 aliphatic heterocycles. The molecule has 124 valence electrons. The lowest BCUT2D eigenvalue weighted by molar-refractivity contribution is -0.158. The standard InChI is InChI=1S/C11H17NO4S.2C2H6/c1-4-9(5-2)10(13)15-8(3)16-11(14)17-7-6-12;2*1-2/h4-5,8H,1,6-7,12H2,2-3H3;2*1-2H3/b9-5+;;. The molecule has 6 heteroatoms. The molecular formula is C15H29NO4S. The van der Waals surface area contributed by atoms with Gasteiger partial charge in [0.05, 0.1) is 5.57 Å². The van der Waals surface area contributed by atoms with E-state index < -0.39 is 17.6 Å². The number of carbonyl (C=O) groups excluding carboxylic acids is 2. The van der Waals surface area contributed by atoms with Crippen molar-refractivity contribution in [3.63, 3.8) is 0 Å². The molecule has 0 heterocycles. The molecule has 0 spiro atoms. The monoisotopic (exact) mass is 319 g/mol. The van der Waals surface area contributed by atoms with Gasteiger partial charge in [0.2, 0.25) is 6.29 Å². The second-order valence-electron chi connectivity index (χ2n) is 2.93. The van der Waals surface area contributed by atoms with Crippen LogP contribution in [0.1, 0.15) is 41.5 Å². The van der Waals surface area contributed by atoms with E-state index in [1.807, 2.05) is 27.7 Å². The van der Waals surface area contributed by atoms with Gasteiger partial charge in [-0.15, -0.1) is 0 Å². The summed E-state index contributed by atoms with van der Waals surface area (Å²) in [4.78, 5) is 22.6. The average molecular weight is 319 g/mol. The Morgan fingerprint density at radius 1 is 1.24 bits per heavy atom. The third-order valence-electron chi connectivity index (χ3n) is 1.64. The quantitative estimate of drug-likeness (QED) is 0.346. The zero-order chi connectivity index (χ0) is 17.3. The van der Waals surface area contributed by atoms with E-state index in [1.54, 1.807) is 13.0 Å². The van der Waals surface area contributed by atoms with E-state index in [4.69, 9.17) is 15.2 Å². The van der Waals surface area contributed by atoms with E-state index in [-0.39, 0.29) is 0 Å². The summed E-state index contributed by atoms with van der Waals surface area (Å²) in [7, 11) is 0. The number of carbonyl (C=O) groups is 2. The molecule has 0 radical (unpaired) electrons. The summed E-state index contributed by atoms with van der Waals surface area (Å²) < 4.78 is 9.70. The molecule has 0 aliphatic carbocycles. The van der Waals surface area contributed by atoms with Gasteiger partial charge in [0.1, 0.15) is 0 Å². The van der Waals surface area contributed by atoms with Crippen LogP contribution in [0.3, 0.4) is 0 Å². The highest BCUT2D eigenvalue weighted by Crippen LogP contribution is 2.09. The summed E-state index contributed by atoms with van der Waals surface area (Å²) in [6, 6.07) is 0.